The standard InChI is InChI=1S/C10H14N2O3/c1-3-7-4-5-12(6(2)10(14)15)9(13)8(7)11/h4-6H,3,11H2,1-2H3,(H,14,15). The van der Waals surface area contributed by atoms with E-state index in [-0.39, 0.29) is 5.69 Å². The number of nitrogen functional groups attached to an aromatic ring is 1. The van der Waals surface area contributed by atoms with Crippen LogP contribution in [0.3, 0.4) is 0 Å². The molecule has 5 heteroatoms. The molecule has 0 spiro atoms. The second kappa shape index (κ2) is 4.16. The first kappa shape index (κ1) is 11.3. The van der Waals surface area contributed by atoms with E-state index in [1.807, 2.05) is 6.92 Å². The fourth-order valence-corrected chi connectivity index (χ4v) is 1.34. The lowest BCUT2D eigenvalue weighted by atomic mass is 10.1. The quantitative estimate of drug-likeness (QED) is 0.766. The molecular formula is C10H14N2O3. The van der Waals surface area contributed by atoms with E-state index in [9.17, 15) is 9.59 Å². The summed E-state index contributed by atoms with van der Waals surface area (Å²) in [7, 11) is 0. The highest BCUT2D eigenvalue weighted by molar-refractivity contribution is 5.71. The van der Waals surface area contributed by atoms with Crippen LogP contribution in [0.2, 0.25) is 0 Å². The Morgan fingerprint density at radius 2 is 2.27 bits per heavy atom. The molecule has 0 aliphatic heterocycles. The predicted octanol–water partition coefficient (Wildman–Crippen LogP) is 0.638. The number of hydrogen-bond donors (Lipinski definition) is 2. The van der Waals surface area contributed by atoms with E-state index < -0.39 is 17.6 Å². The average molecular weight is 210 g/mol. The molecule has 1 atom stereocenters. The maximum absolute atomic E-state index is 11.7. The van der Waals surface area contributed by atoms with E-state index in [2.05, 4.69) is 0 Å². The summed E-state index contributed by atoms with van der Waals surface area (Å²) in [5.74, 6) is -1.05. The van der Waals surface area contributed by atoms with Crippen molar-refractivity contribution < 1.29 is 9.90 Å². The minimum Gasteiger partial charge on any atom is -0.480 e. The van der Waals surface area contributed by atoms with Crippen LogP contribution in [0.1, 0.15) is 25.5 Å². The van der Waals surface area contributed by atoms with Gasteiger partial charge >= 0.3 is 5.97 Å². The molecule has 0 aromatic carbocycles. The van der Waals surface area contributed by atoms with Gasteiger partial charge in [0.25, 0.3) is 5.56 Å². The van der Waals surface area contributed by atoms with Crippen molar-refractivity contribution in [3.63, 3.8) is 0 Å². The molecule has 0 aliphatic rings. The molecule has 0 amide bonds. The van der Waals surface area contributed by atoms with Crippen LogP contribution in [0.25, 0.3) is 0 Å². The molecule has 1 unspecified atom stereocenters. The largest absolute Gasteiger partial charge is 0.480 e. The monoisotopic (exact) mass is 210 g/mol. The Morgan fingerprint density at radius 1 is 1.67 bits per heavy atom. The highest BCUT2D eigenvalue weighted by atomic mass is 16.4. The number of aliphatic carboxylic acids is 1. The van der Waals surface area contributed by atoms with Crippen LogP contribution in [0.5, 0.6) is 0 Å². The first-order valence-electron chi connectivity index (χ1n) is 4.71. The number of anilines is 1. The molecule has 0 bridgehead atoms. The van der Waals surface area contributed by atoms with Gasteiger partial charge in [0.1, 0.15) is 11.7 Å². The SMILES string of the molecule is CCc1ccn(C(C)C(=O)O)c(=O)c1N. The Kier molecular flexibility index (Phi) is 3.14. The topological polar surface area (TPSA) is 85.3 Å². The summed E-state index contributed by atoms with van der Waals surface area (Å²) in [6.45, 7) is 3.32. The summed E-state index contributed by atoms with van der Waals surface area (Å²) in [5.41, 5.74) is 6.04. The summed E-state index contributed by atoms with van der Waals surface area (Å²) in [6, 6.07) is 0.779. The van der Waals surface area contributed by atoms with Gasteiger partial charge in [0.15, 0.2) is 0 Å². The van der Waals surface area contributed by atoms with Crippen molar-refractivity contribution in [2.45, 2.75) is 26.3 Å². The molecule has 15 heavy (non-hydrogen) atoms. The van der Waals surface area contributed by atoms with Crippen LogP contribution in [0.4, 0.5) is 5.69 Å². The molecular weight excluding hydrogens is 196 g/mol. The maximum Gasteiger partial charge on any atom is 0.326 e. The fraction of sp³-hybridized carbons (Fsp3) is 0.400. The van der Waals surface area contributed by atoms with Crippen LogP contribution in [-0.2, 0) is 11.2 Å². The first-order valence-corrected chi connectivity index (χ1v) is 4.71. The van der Waals surface area contributed by atoms with E-state index in [1.165, 1.54) is 13.1 Å². The van der Waals surface area contributed by atoms with E-state index >= 15 is 0 Å². The Balaban J connectivity index is 3.30. The van der Waals surface area contributed by atoms with Crippen molar-refractivity contribution >= 4 is 11.7 Å². The number of carboxylic acids is 1. The highest BCUT2D eigenvalue weighted by Gasteiger charge is 2.16. The normalized spacial score (nSPS) is 12.4. The molecule has 5 nitrogen and oxygen atoms in total. The molecule has 0 fully saturated rings. The molecule has 0 radical (unpaired) electrons. The first-order chi connectivity index (χ1) is 6.99. The fourth-order valence-electron chi connectivity index (χ4n) is 1.34. The number of hydrogen-bond acceptors (Lipinski definition) is 3. The number of rotatable bonds is 3. The maximum atomic E-state index is 11.7. The third kappa shape index (κ3) is 2.01. The molecule has 0 aliphatic carbocycles. The molecule has 82 valence electrons. The zero-order valence-electron chi connectivity index (χ0n) is 8.73. The lowest BCUT2D eigenvalue weighted by molar-refractivity contribution is -0.140. The Bertz CT molecular complexity index is 437. The number of carbonyl (C=O) groups is 1. The van der Waals surface area contributed by atoms with Crippen molar-refractivity contribution in [2.24, 2.45) is 0 Å². The van der Waals surface area contributed by atoms with Crippen LogP contribution < -0.4 is 11.3 Å². The third-order valence-corrected chi connectivity index (χ3v) is 2.40. The van der Waals surface area contributed by atoms with Crippen LogP contribution >= 0.6 is 0 Å². The van der Waals surface area contributed by atoms with Gasteiger partial charge in [0.2, 0.25) is 0 Å². The smallest absolute Gasteiger partial charge is 0.326 e. The number of nitrogens with zero attached hydrogens (tertiary/aromatic N) is 1. The minimum atomic E-state index is -1.05. The minimum absolute atomic E-state index is 0.133. The van der Waals surface area contributed by atoms with Crippen LogP contribution in [0, 0.1) is 0 Å². The van der Waals surface area contributed by atoms with Crippen molar-refractivity contribution in [2.75, 3.05) is 5.73 Å². The van der Waals surface area contributed by atoms with E-state index in [0.717, 1.165) is 10.1 Å². The lowest BCUT2D eigenvalue weighted by Gasteiger charge is -2.12. The number of carboxylic acid groups (broad SMARTS) is 1. The lowest BCUT2D eigenvalue weighted by Crippen LogP contribution is -2.29. The van der Waals surface area contributed by atoms with E-state index in [4.69, 9.17) is 10.8 Å². The van der Waals surface area contributed by atoms with Gasteiger partial charge in [-0.3, -0.25) is 9.36 Å². The molecule has 0 saturated heterocycles. The molecule has 3 N–H and O–H groups in total. The summed E-state index contributed by atoms with van der Waals surface area (Å²) in [4.78, 5) is 22.4. The Labute approximate surface area is 87.1 Å². The second-order valence-corrected chi connectivity index (χ2v) is 3.33. The van der Waals surface area contributed by atoms with Crippen molar-refractivity contribution in [3.05, 3.63) is 28.2 Å². The summed E-state index contributed by atoms with van der Waals surface area (Å²) in [5, 5.41) is 8.78. The molecule has 0 saturated carbocycles. The number of pyridine rings is 1. The van der Waals surface area contributed by atoms with E-state index in [1.54, 1.807) is 6.07 Å². The zero-order chi connectivity index (χ0) is 11.6. The number of nitrogens with two attached hydrogens (primary N) is 1. The number of aromatic nitrogens is 1. The summed E-state index contributed by atoms with van der Waals surface area (Å²) in [6.07, 6.45) is 2.12. The Hall–Kier alpha value is -1.78. The van der Waals surface area contributed by atoms with Crippen molar-refractivity contribution in [1.29, 1.82) is 0 Å². The Morgan fingerprint density at radius 3 is 2.73 bits per heavy atom. The van der Waals surface area contributed by atoms with Gasteiger partial charge in [-0.2, -0.15) is 0 Å². The molecule has 1 rings (SSSR count). The summed E-state index contributed by atoms with van der Waals surface area (Å²) >= 11 is 0. The molecule has 1 heterocycles. The summed E-state index contributed by atoms with van der Waals surface area (Å²) < 4.78 is 1.12. The second-order valence-electron chi connectivity index (χ2n) is 3.33. The van der Waals surface area contributed by atoms with Crippen molar-refractivity contribution in [1.82, 2.24) is 4.57 Å². The van der Waals surface area contributed by atoms with Gasteiger partial charge in [-0.15, -0.1) is 0 Å². The van der Waals surface area contributed by atoms with Gasteiger partial charge in [-0.25, -0.2) is 4.79 Å². The van der Waals surface area contributed by atoms with Crippen LogP contribution in [0.15, 0.2) is 17.1 Å². The number of aryl methyl sites for hydroxylation is 1. The highest BCUT2D eigenvalue weighted by Crippen LogP contribution is 2.09. The third-order valence-electron chi connectivity index (χ3n) is 2.40. The van der Waals surface area contributed by atoms with Crippen LogP contribution in [-0.4, -0.2) is 15.6 Å². The van der Waals surface area contributed by atoms with Gasteiger partial charge in [-0.1, -0.05) is 6.92 Å². The average Bonchev–Trinajstić information content (AvgIpc) is 2.21. The van der Waals surface area contributed by atoms with E-state index in [0.29, 0.717) is 6.42 Å². The van der Waals surface area contributed by atoms with Gasteiger partial charge < -0.3 is 10.8 Å². The molecule has 1 aromatic rings. The van der Waals surface area contributed by atoms with Gasteiger partial charge in [-0.05, 0) is 25.0 Å². The van der Waals surface area contributed by atoms with Crippen molar-refractivity contribution in [3.8, 4) is 0 Å². The zero-order valence-corrected chi connectivity index (χ0v) is 8.73. The van der Waals surface area contributed by atoms with Gasteiger partial charge in [0.05, 0.1) is 0 Å². The van der Waals surface area contributed by atoms with Gasteiger partial charge in [0, 0.05) is 6.20 Å². The molecule has 1 aromatic heterocycles. The predicted molar refractivity (Wildman–Crippen MR) is 56.8 cm³/mol.